The van der Waals surface area contributed by atoms with Gasteiger partial charge in [-0.25, -0.2) is 4.98 Å². The molecule has 1 atom stereocenters. The summed E-state index contributed by atoms with van der Waals surface area (Å²) in [6.07, 6.45) is 4.10. The van der Waals surface area contributed by atoms with E-state index in [2.05, 4.69) is 25.5 Å². The van der Waals surface area contributed by atoms with Crippen LogP contribution < -0.4 is 5.73 Å². The maximum atomic E-state index is 5.56. The highest BCUT2D eigenvalue weighted by molar-refractivity contribution is 9.09. The molecule has 2 N–H and O–H groups in total. The highest BCUT2D eigenvalue weighted by Gasteiger charge is 2.16. The van der Waals surface area contributed by atoms with Crippen molar-refractivity contribution in [2.75, 3.05) is 5.73 Å². The molecule has 60 valence electrons. The van der Waals surface area contributed by atoms with Crippen molar-refractivity contribution in [2.45, 2.75) is 24.2 Å². The van der Waals surface area contributed by atoms with Gasteiger partial charge in [0.2, 0.25) is 0 Å². The Hall–Kier alpha value is -0.510. The number of hydrogen-bond acceptors (Lipinski definition) is 2. The van der Waals surface area contributed by atoms with Crippen molar-refractivity contribution in [1.29, 1.82) is 0 Å². The van der Waals surface area contributed by atoms with Gasteiger partial charge >= 0.3 is 0 Å². The summed E-state index contributed by atoms with van der Waals surface area (Å²) in [5.41, 5.74) is 5.56. The number of fused-ring (bicyclic) bond motifs is 1. The van der Waals surface area contributed by atoms with Crippen molar-refractivity contribution in [3.8, 4) is 0 Å². The van der Waals surface area contributed by atoms with Gasteiger partial charge in [-0.1, -0.05) is 15.9 Å². The van der Waals surface area contributed by atoms with Gasteiger partial charge in [0.05, 0.1) is 0 Å². The number of hydrogen-bond donors (Lipinski definition) is 1. The maximum Gasteiger partial charge on any atom is 0.141 e. The Morgan fingerprint density at radius 2 is 2.55 bits per heavy atom. The van der Waals surface area contributed by atoms with Gasteiger partial charge in [-0.3, -0.25) is 0 Å². The third kappa shape index (κ3) is 1.27. The van der Waals surface area contributed by atoms with Crippen LogP contribution in [0.1, 0.15) is 12.2 Å². The number of anilines is 1. The Kier molecular flexibility index (Phi) is 1.64. The average molecular weight is 216 g/mol. The van der Waals surface area contributed by atoms with Crippen LogP contribution in [0.3, 0.4) is 0 Å². The van der Waals surface area contributed by atoms with Gasteiger partial charge in [0, 0.05) is 24.0 Å². The quantitative estimate of drug-likeness (QED) is 0.661. The first-order valence-electron chi connectivity index (χ1n) is 3.71. The number of alkyl halides is 1. The lowest BCUT2D eigenvalue weighted by Crippen LogP contribution is -2.19. The van der Waals surface area contributed by atoms with Crippen LogP contribution in [0.15, 0.2) is 6.20 Å². The molecule has 11 heavy (non-hydrogen) atoms. The summed E-state index contributed by atoms with van der Waals surface area (Å²) >= 11 is 3.58. The molecule has 0 radical (unpaired) electrons. The second kappa shape index (κ2) is 2.52. The summed E-state index contributed by atoms with van der Waals surface area (Å²) in [5.74, 6) is 1.76. The van der Waals surface area contributed by atoms with Crippen LogP contribution >= 0.6 is 15.9 Å². The van der Waals surface area contributed by atoms with Gasteiger partial charge in [-0.2, -0.15) is 0 Å². The number of nitrogens with zero attached hydrogens (tertiary/aromatic N) is 2. The van der Waals surface area contributed by atoms with Crippen molar-refractivity contribution >= 4 is 21.7 Å². The number of imidazole rings is 1. The van der Waals surface area contributed by atoms with E-state index in [0.29, 0.717) is 10.6 Å². The van der Waals surface area contributed by atoms with Gasteiger partial charge in [0.1, 0.15) is 11.6 Å². The minimum atomic E-state index is 0.587. The molecule has 1 aliphatic heterocycles. The Balaban J connectivity index is 2.34. The Labute approximate surface area is 73.7 Å². The monoisotopic (exact) mass is 215 g/mol. The lowest BCUT2D eigenvalue weighted by molar-refractivity contribution is 0.541. The third-order valence-electron chi connectivity index (χ3n) is 1.95. The van der Waals surface area contributed by atoms with Gasteiger partial charge in [0.25, 0.3) is 0 Å². The molecule has 1 aromatic rings. The van der Waals surface area contributed by atoms with Crippen LogP contribution in [0.5, 0.6) is 0 Å². The molecule has 0 aromatic carbocycles. The van der Waals surface area contributed by atoms with E-state index in [-0.39, 0.29) is 0 Å². The molecule has 2 heterocycles. The van der Waals surface area contributed by atoms with Crippen LogP contribution in [0.4, 0.5) is 5.82 Å². The zero-order valence-electron chi connectivity index (χ0n) is 6.13. The molecule has 0 amide bonds. The lowest BCUT2D eigenvalue weighted by atomic mass is 10.2. The average Bonchev–Trinajstić information content (AvgIpc) is 2.27. The minimum Gasteiger partial charge on any atom is -0.382 e. The van der Waals surface area contributed by atoms with Crippen molar-refractivity contribution < 1.29 is 0 Å². The fourth-order valence-corrected chi connectivity index (χ4v) is 1.97. The summed E-state index contributed by atoms with van der Waals surface area (Å²) in [6, 6.07) is 0. The first kappa shape index (κ1) is 7.16. The summed E-state index contributed by atoms with van der Waals surface area (Å²) in [6.45, 7) is 1.000. The third-order valence-corrected chi connectivity index (χ3v) is 2.70. The van der Waals surface area contributed by atoms with E-state index < -0.39 is 0 Å². The second-order valence-electron chi connectivity index (χ2n) is 2.87. The van der Waals surface area contributed by atoms with Crippen LogP contribution in [0.25, 0.3) is 0 Å². The van der Waals surface area contributed by atoms with E-state index in [4.69, 9.17) is 5.73 Å². The number of aromatic nitrogens is 2. The molecule has 3 nitrogen and oxygen atoms in total. The number of aryl methyl sites for hydroxylation is 1. The van der Waals surface area contributed by atoms with Crippen molar-refractivity contribution in [3.63, 3.8) is 0 Å². The first-order valence-corrected chi connectivity index (χ1v) is 4.63. The molecule has 4 heteroatoms. The summed E-state index contributed by atoms with van der Waals surface area (Å²) in [5, 5.41) is 0. The second-order valence-corrected chi connectivity index (χ2v) is 4.17. The molecule has 1 unspecified atom stereocenters. The molecule has 0 saturated heterocycles. The van der Waals surface area contributed by atoms with Crippen LogP contribution in [-0.4, -0.2) is 14.4 Å². The van der Waals surface area contributed by atoms with E-state index in [0.717, 1.165) is 25.2 Å². The van der Waals surface area contributed by atoms with E-state index in [1.165, 1.54) is 0 Å². The van der Waals surface area contributed by atoms with Crippen molar-refractivity contribution in [2.24, 2.45) is 0 Å². The first-order chi connectivity index (χ1) is 5.25. The summed E-state index contributed by atoms with van der Waals surface area (Å²) in [7, 11) is 0. The van der Waals surface area contributed by atoms with Crippen molar-refractivity contribution in [1.82, 2.24) is 9.55 Å². The zero-order valence-corrected chi connectivity index (χ0v) is 7.71. The smallest absolute Gasteiger partial charge is 0.141 e. The topological polar surface area (TPSA) is 43.8 Å². The molecule has 0 spiro atoms. The minimum absolute atomic E-state index is 0.587. The van der Waals surface area contributed by atoms with Crippen LogP contribution in [0.2, 0.25) is 0 Å². The highest BCUT2D eigenvalue weighted by atomic mass is 79.9. The van der Waals surface area contributed by atoms with Gasteiger partial charge in [-0.05, 0) is 6.42 Å². The number of halogens is 1. The fourth-order valence-electron chi connectivity index (χ4n) is 1.42. The predicted molar refractivity (Wildman–Crippen MR) is 47.7 cm³/mol. The molecule has 0 fully saturated rings. The molecule has 2 rings (SSSR count). The van der Waals surface area contributed by atoms with E-state index in [9.17, 15) is 0 Å². The number of nitrogens with two attached hydrogens (primary N) is 1. The molecule has 1 aromatic heterocycles. The standard InChI is InChI=1S/C7H10BrN3/c8-5-1-2-7-10-6(9)4-11(7)3-5/h4-5H,1-3,9H2. The fraction of sp³-hybridized carbons (Fsp3) is 0.571. The molecular formula is C7H10BrN3. The number of nitrogen functional groups attached to an aromatic ring is 1. The van der Waals surface area contributed by atoms with Gasteiger partial charge in [0.15, 0.2) is 0 Å². The Morgan fingerprint density at radius 3 is 3.36 bits per heavy atom. The molecular weight excluding hydrogens is 206 g/mol. The highest BCUT2D eigenvalue weighted by Crippen LogP contribution is 2.20. The van der Waals surface area contributed by atoms with E-state index in [1.54, 1.807) is 0 Å². The molecule has 0 saturated carbocycles. The zero-order chi connectivity index (χ0) is 7.84. The van der Waals surface area contributed by atoms with Crippen LogP contribution in [0, 0.1) is 0 Å². The van der Waals surface area contributed by atoms with E-state index >= 15 is 0 Å². The number of rotatable bonds is 0. The van der Waals surface area contributed by atoms with Gasteiger partial charge < -0.3 is 10.3 Å². The Morgan fingerprint density at radius 1 is 1.73 bits per heavy atom. The summed E-state index contributed by atoms with van der Waals surface area (Å²) in [4.78, 5) is 4.79. The maximum absolute atomic E-state index is 5.56. The van der Waals surface area contributed by atoms with Crippen molar-refractivity contribution in [3.05, 3.63) is 12.0 Å². The Bertz CT molecular complexity index is 269. The normalized spacial score (nSPS) is 23.2. The molecule has 0 bridgehead atoms. The predicted octanol–water partition coefficient (Wildman–Crippen LogP) is 1.18. The van der Waals surface area contributed by atoms with Gasteiger partial charge in [-0.15, -0.1) is 0 Å². The lowest BCUT2D eigenvalue weighted by Gasteiger charge is -2.17. The SMILES string of the molecule is Nc1cn2c(n1)CCC(Br)C2. The molecule has 0 aliphatic carbocycles. The molecule has 1 aliphatic rings. The van der Waals surface area contributed by atoms with Crippen LogP contribution in [-0.2, 0) is 13.0 Å². The van der Waals surface area contributed by atoms with E-state index in [1.807, 2.05) is 6.20 Å². The largest absolute Gasteiger partial charge is 0.382 e. The summed E-state index contributed by atoms with van der Waals surface area (Å²) < 4.78 is 2.12.